The molecule has 1 nitrogen and oxygen atoms in total. The minimum atomic E-state index is 0.429. The van der Waals surface area contributed by atoms with Gasteiger partial charge >= 0.3 is 0 Å². The molecule has 0 aromatic heterocycles. The molecule has 0 saturated carbocycles. The molecule has 96 valence electrons. The molecular formula is C13H19Cl2NS. The maximum absolute atomic E-state index is 6.17. The Morgan fingerprint density at radius 1 is 1.29 bits per heavy atom. The lowest BCUT2D eigenvalue weighted by atomic mass is 10.1. The Bertz CT molecular complexity index is 355. The van der Waals surface area contributed by atoms with Crippen LogP contribution in [0.4, 0.5) is 0 Å². The Balaban J connectivity index is 2.63. The monoisotopic (exact) mass is 291 g/mol. The number of halogens is 2. The van der Waals surface area contributed by atoms with E-state index in [2.05, 4.69) is 19.2 Å². The number of thioether (sulfide) groups is 1. The molecule has 1 aromatic carbocycles. The fourth-order valence-electron chi connectivity index (χ4n) is 1.52. The first-order valence-corrected chi connectivity index (χ1v) is 7.56. The van der Waals surface area contributed by atoms with Crippen molar-refractivity contribution in [2.75, 3.05) is 12.8 Å². The van der Waals surface area contributed by atoms with Crippen molar-refractivity contribution in [3.05, 3.63) is 33.8 Å². The minimum Gasteiger partial charge on any atom is -0.316 e. The number of rotatable bonds is 6. The standard InChI is InChI=1S/C13H19Cl2NS/c1-9(2)17-8-12(16-3)7-10-6-11(14)4-5-13(10)15/h4-6,9,12,16H,7-8H2,1-3H3. The van der Waals surface area contributed by atoms with E-state index in [1.165, 1.54) is 0 Å². The van der Waals surface area contributed by atoms with Gasteiger partial charge in [0, 0.05) is 21.8 Å². The first kappa shape index (κ1) is 15.2. The number of hydrogen-bond donors (Lipinski definition) is 1. The molecule has 0 aliphatic rings. The highest BCUT2D eigenvalue weighted by atomic mass is 35.5. The van der Waals surface area contributed by atoms with Gasteiger partial charge in [0.2, 0.25) is 0 Å². The predicted octanol–water partition coefficient (Wildman–Crippen LogP) is 4.27. The summed E-state index contributed by atoms with van der Waals surface area (Å²) in [5, 5.41) is 5.53. The number of nitrogens with one attached hydrogen (secondary N) is 1. The maximum atomic E-state index is 6.17. The van der Waals surface area contributed by atoms with E-state index in [0.29, 0.717) is 11.3 Å². The summed E-state index contributed by atoms with van der Waals surface area (Å²) in [6.07, 6.45) is 0.912. The number of likely N-dealkylation sites (N-methyl/N-ethyl adjacent to an activating group) is 1. The molecule has 0 bridgehead atoms. The van der Waals surface area contributed by atoms with Crippen LogP contribution < -0.4 is 5.32 Å². The van der Waals surface area contributed by atoms with Crippen LogP contribution in [0.5, 0.6) is 0 Å². The number of benzene rings is 1. The summed E-state index contributed by atoms with van der Waals surface area (Å²) in [7, 11) is 1.99. The van der Waals surface area contributed by atoms with Crippen LogP contribution in [0.15, 0.2) is 18.2 Å². The zero-order valence-electron chi connectivity index (χ0n) is 10.5. The average molecular weight is 292 g/mol. The molecule has 1 unspecified atom stereocenters. The molecule has 0 aliphatic carbocycles. The second-order valence-corrected chi connectivity index (χ2v) is 6.76. The zero-order valence-corrected chi connectivity index (χ0v) is 12.8. The van der Waals surface area contributed by atoms with E-state index < -0.39 is 0 Å². The van der Waals surface area contributed by atoms with Gasteiger partial charge < -0.3 is 5.32 Å². The quantitative estimate of drug-likeness (QED) is 0.840. The van der Waals surface area contributed by atoms with Crippen molar-refractivity contribution in [3.8, 4) is 0 Å². The fourth-order valence-corrected chi connectivity index (χ4v) is 2.81. The van der Waals surface area contributed by atoms with Crippen molar-refractivity contribution in [2.45, 2.75) is 31.6 Å². The van der Waals surface area contributed by atoms with Gasteiger partial charge in [-0.05, 0) is 42.5 Å². The summed E-state index contributed by atoms with van der Waals surface area (Å²) in [6.45, 7) is 4.42. The third-order valence-electron chi connectivity index (χ3n) is 2.51. The van der Waals surface area contributed by atoms with Crippen molar-refractivity contribution >= 4 is 35.0 Å². The Hall–Kier alpha value is 0.110. The van der Waals surface area contributed by atoms with Crippen LogP contribution in [0.1, 0.15) is 19.4 Å². The van der Waals surface area contributed by atoms with Crippen LogP contribution in [-0.2, 0) is 6.42 Å². The summed E-state index contributed by atoms with van der Waals surface area (Å²) in [4.78, 5) is 0. The molecule has 17 heavy (non-hydrogen) atoms. The Kier molecular flexibility index (Phi) is 6.71. The van der Waals surface area contributed by atoms with Crippen LogP contribution in [0.25, 0.3) is 0 Å². The molecule has 0 fully saturated rings. The van der Waals surface area contributed by atoms with Crippen molar-refractivity contribution in [1.82, 2.24) is 5.32 Å². The van der Waals surface area contributed by atoms with E-state index in [0.717, 1.165) is 27.8 Å². The summed E-state index contributed by atoms with van der Waals surface area (Å²) >= 11 is 14.1. The van der Waals surface area contributed by atoms with Gasteiger partial charge in [-0.2, -0.15) is 11.8 Å². The van der Waals surface area contributed by atoms with Crippen LogP contribution in [-0.4, -0.2) is 24.1 Å². The second kappa shape index (κ2) is 7.52. The van der Waals surface area contributed by atoms with Crippen molar-refractivity contribution in [1.29, 1.82) is 0 Å². The molecule has 0 heterocycles. The van der Waals surface area contributed by atoms with Gasteiger partial charge in [0.05, 0.1) is 0 Å². The maximum Gasteiger partial charge on any atom is 0.0439 e. The summed E-state index contributed by atoms with van der Waals surface area (Å²) in [5.74, 6) is 1.08. The van der Waals surface area contributed by atoms with E-state index in [1.807, 2.05) is 37.0 Å². The predicted molar refractivity (Wildman–Crippen MR) is 80.6 cm³/mol. The summed E-state index contributed by atoms with van der Waals surface area (Å²) < 4.78 is 0. The minimum absolute atomic E-state index is 0.429. The van der Waals surface area contributed by atoms with Crippen molar-refractivity contribution in [3.63, 3.8) is 0 Å². The van der Waals surface area contributed by atoms with E-state index in [9.17, 15) is 0 Å². The van der Waals surface area contributed by atoms with E-state index in [1.54, 1.807) is 0 Å². The Labute approximate surface area is 118 Å². The van der Waals surface area contributed by atoms with Gasteiger partial charge in [-0.1, -0.05) is 37.0 Å². The molecule has 0 radical (unpaired) electrons. The molecular weight excluding hydrogens is 273 g/mol. The molecule has 4 heteroatoms. The molecule has 0 aliphatic heterocycles. The Morgan fingerprint density at radius 2 is 2.00 bits per heavy atom. The van der Waals surface area contributed by atoms with Crippen LogP contribution in [0, 0.1) is 0 Å². The topological polar surface area (TPSA) is 12.0 Å². The van der Waals surface area contributed by atoms with E-state index >= 15 is 0 Å². The van der Waals surface area contributed by atoms with Gasteiger partial charge in [0.15, 0.2) is 0 Å². The van der Waals surface area contributed by atoms with E-state index in [-0.39, 0.29) is 0 Å². The smallest absolute Gasteiger partial charge is 0.0439 e. The highest BCUT2D eigenvalue weighted by Gasteiger charge is 2.11. The highest BCUT2D eigenvalue weighted by molar-refractivity contribution is 7.99. The second-order valence-electron chi connectivity index (χ2n) is 4.31. The molecule has 0 amide bonds. The average Bonchev–Trinajstić information content (AvgIpc) is 2.28. The summed E-state index contributed by atoms with van der Waals surface area (Å²) in [6, 6.07) is 6.07. The Morgan fingerprint density at radius 3 is 2.59 bits per heavy atom. The third-order valence-corrected chi connectivity index (χ3v) is 4.38. The molecule has 1 atom stereocenters. The lowest BCUT2D eigenvalue weighted by molar-refractivity contribution is 0.616. The molecule has 1 N–H and O–H groups in total. The summed E-state index contributed by atoms with van der Waals surface area (Å²) in [5.41, 5.74) is 1.11. The van der Waals surface area contributed by atoms with Crippen molar-refractivity contribution < 1.29 is 0 Å². The molecule has 1 rings (SSSR count). The third kappa shape index (κ3) is 5.52. The molecule has 0 saturated heterocycles. The van der Waals surface area contributed by atoms with Gasteiger partial charge in [-0.25, -0.2) is 0 Å². The van der Waals surface area contributed by atoms with Crippen LogP contribution in [0.3, 0.4) is 0 Å². The normalized spacial score (nSPS) is 13.1. The first-order valence-electron chi connectivity index (χ1n) is 5.75. The number of hydrogen-bond acceptors (Lipinski definition) is 2. The van der Waals surface area contributed by atoms with Gasteiger partial charge in [-0.3, -0.25) is 0 Å². The molecule has 1 aromatic rings. The lowest BCUT2D eigenvalue weighted by Gasteiger charge is -2.18. The van der Waals surface area contributed by atoms with Crippen LogP contribution in [0.2, 0.25) is 10.0 Å². The van der Waals surface area contributed by atoms with Gasteiger partial charge in [-0.15, -0.1) is 0 Å². The van der Waals surface area contributed by atoms with Gasteiger partial charge in [0.25, 0.3) is 0 Å². The highest BCUT2D eigenvalue weighted by Crippen LogP contribution is 2.23. The van der Waals surface area contributed by atoms with E-state index in [4.69, 9.17) is 23.2 Å². The fraction of sp³-hybridized carbons (Fsp3) is 0.538. The lowest BCUT2D eigenvalue weighted by Crippen LogP contribution is -2.30. The largest absolute Gasteiger partial charge is 0.316 e. The SMILES string of the molecule is CNC(CSC(C)C)Cc1cc(Cl)ccc1Cl. The van der Waals surface area contributed by atoms with Crippen molar-refractivity contribution in [2.24, 2.45) is 0 Å². The van der Waals surface area contributed by atoms with Crippen LogP contribution >= 0.6 is 35.0 Å². The molecule has 0 spiro atoms. The zero-order chi connectivity index (χ0) is 12.8. The van der Waals surface area contributed by atoms with Gasteiger partial charge in [0.1, 0.15) is 0 Å². The first-order chi connectivity index (χ1) is 8.02.